The molecule has 0 spiro atoms. The van der Waals surface area contributed by atoms with Gasteiger partial charge in [0.05, 0.1) is 6.54 Å². The van der Waals surface area contributed by atoms with Crippen LogP contribution in [0.4, 0.5) is 5.69 Å². The molecule has 4 heterocycles. The summed E-state index contributed by atoms with van der Waals surface area (Å²) in [5.74, 6) is 1.60. The third kappa shape index (κ3) is 2.77. The molecule has 1 aliphatic heterocycles. The average molecular weight is 320 g/mol. The van der Waals surface area contributed by atoms with Gasteiger partial charge in [-0.15, -0.1) is 0 Å². The summed E-state index contributed by atoms with van der Waals surface area (Å²) in [4.78, 5) is 15.7. The smallest absolute Gasteiger partial charge is 0.245 e. The van der Waals surface area contributed by atoms with Crippen molar-refractivity contribution in [3.8, 4) is 11.6 Å². The molecule has 0 saturated carbocycles. The van der Waals surface area contributed by atoms with Crippen molar-refractivity contribution in [3.05, 3.63) is 59.9 Å². The highest BCUT2D eigenvalue weighted by molar-refractivity contribution is 5.54. The standard InChI is InChI=1S/C19H20N4O/c1-2-5-14-12-20-10-7-17(14)23-11-8-18-16(13-23)22-19(24-18)15-6-3-4-9-21-15/h3-4,6-7,9-10,12H,2,5,8,11,13H2,1H3. The Morgan fingerprint density at radius 3 is 3.00 bits per heavy atom. The molecular weight excluding hydrogens is 300 g/mol. The molecule has 3 aromatic rings. The van der Waals surface area contributed by atoms with Crippen LogP contribution in [-0.4, -0.2) is 21.5 Å². The molecular formula is C19H20N4O. The van der Waals surface area contributed by atoms with Crippen LogP contribution < -0.4 is 4.90 Å². The molecule has 0 aromatic carbocycles. The van der Waals surface area contributed by atoms with Crippen LogP contribution in [0.25, 0.3) is 11.6 Å². The Bertz CT molecular complexity index is 828. The number of hydrogen-bond donors (Lipinski definition) is 0. The van der Waals surface area contributed by atoms with Crippen molar-refractivity contribution < 1.29 is 4.42 Å². The number of hydrogen-bond acceptors (Lipinski definition) is 5. The number of oxazole rings is 1. The summed E-state index contributed by atoms with van der Waals surface area (Å²) in [6, 6.07) is 7.88. The van der Waals surface area contributed by atoms with Gasteiger partial charge in [0.2, 0.25) is 5.89 Å². The molecule has 0 bridgehead atoms. The van der Waals surface area contributed by atoms with Gasteiger partial charge in [0.25, 0.3) is 0 Å². The lowest BCUT2D eigenvalue weighted by Gasteiger charge is -2.29. The van der Waals surface area contributed by atoms with Crippen molar-refractivity contribution >= 4 is 5.69 Å². The first kappa shape index (κ1) is 14.9. The quantitative estimate of drug-likeness (QED) is 0.734. The molecule has 122 valence electrons. The van der Waals surface area contributed by atoms with Gasteiger partial charge >= 0.3 is 0 Å². The van der Waals surface area contributed by atoms with E-state index in [-0.39, 0.29) is 0 Å². The van der Waals surface area contributed by atoms with Crippen LogP contribution in [-0.2, 0) is 19.4 Å². The fraction of sp³-hybridized carbons (Fsp3) is 0.316. The highest BCUT2D eigenvalue weighted by Crippen LogP contribution is 2.29. The largest absolute Gasteiger partial charge is 0.439 e. The number of anilines is 1. The Hall–Kier alpha value is -2.69. The predicted molar refractivity (Wildman–Crippen MR) is 92.7 cm³/mol. The monoisotopic (exact) mass is 320 g/mol. The summed E-state index contributed by atoms with van der Waals surface area (Å²) in [7, 11) is 0. The fourth-order valence-electron chi connectivity index (χ4n) is 3.19. The van der Waals surface area contributed by atoms with E-state index >= 15 is 0 Å². The normalized spacial score (nSPS) is 13.8. The second kappa shape index (κ2) is 6.43. The van der Waals surface area contributed by atoms with Gasteiger partial charge in [0.15, 0.2) is 0 Å². The van der Waals surface area contributed by atoms with Gasteiger partial charge < -0.3 is 9.32 Å². The lowest BCUT2D eigenvalue weighted by atomic mass is 10.1. The molecule has 0 saturated heterocycles. The number of fused-ring (bicyclic) bond motifs is 1. The minimum atomic E-state index is 0.617. The lowest BCUT2D eigenvalue weighted by Crippen LogP contribution is -2.30. The number of aromatic nitrogens is 3. The molecule has 0 unspecified atom stereocenters. The zero-order valence-electron chi connectivity index (χ0n) is 13.8. The minimum Gasteiger partial charge on any atom is -0.439 e. The minimum absolute atomic E-state index is 0.617. The molecule has 4 rings (SSSR count). The van der Waals surface area contributed by atoms with E-state index < -0.39 is 0 Å². The van der Waals surface area contributed by atoms with E-state index in [1.807, 2.05) is 30.6 Å². The summed E-state index contributed by atoms with van der Waals surface area (Å²) < 4.78 is 5.94. The fourth-order valence-corrected chi connectivity index (χ4v) is 3.19. The Balaban J connectivity index is 1.62. The van der Waals surface area contributed by atoms with E-state index in [1.54, 1.807) is 6.20 Å². The molecule has 0 aliphatic carbocycles. The topological polar surface area (TPSA) is 55.1 Å². The number of aryl methyl sites for hydroxylation is 1. The van der Waals surface area contributed by atoms with Crippen molar-refractivity contribution in [1.29, 1.82) is 0 Å². The van der Waals surface area contributed by atoms with E-state index in [9.17, 15) is 0 Å². The van der Waals surface area contributed by atoms with Crippen LogP contribution in [0, 0.1) is 0 Å². The maximum atomic E-state index is 5.94. The molecule has 1 aliphatic rings. The SMILES string of the molecule is CCCc1cnccc1N1CCc2oc(-c3ccccn3)nc2C1. The van der Waals surface area contributed by atoms with Gasteiger partial charge in [0, 0.05) is 37.2 Å². The summed E-state index contributed by atoms with van der Waals surface area (Å²) in [5, 5.41) is 0. The van der Waals surface area contributed by atoms with Crippen molar-refractivity contribution in [2.45, 2.75) is 32.7 Å². The van der Waals surface area contributed by atoms with Crippen LogP contribution in [0.5, 0.6) is 0 Å². The molecule has 3 aromatic heterocycles. The Kier molecular flexibility index (Phi) is 3.99. The molecule has 0 fully saturated rings. The van der Waals surface area contributed by atoms with Gasteiger partial charge in [-0.3, -0.25) is 9.97 Å². The predicted octanol–water partition coefficient (Wildman–Crippen LogP) is 3.65. The van der Waals surface area contributed by atoms with Crippen LogP contribution >= 0.6 is 0 Å². The second-order valence-electron chi connectivity index (χ2n) is 6.03. The first-order chi connectivity index (χ1) is 11.8. The van der Waals surface area contributed by atoms with Gasteiger partial charge in [-0.2, -0.15) is 0 Å². The van der Waals surface area contributed by atoms with Crippen molar-refractivity contribution in [2.75, 3.05) is 11.4 Å². The van der Waals surface area contributed by atoms with E-state index in [0.29, 0.717) is 5.89 Å². The Morgan fingerprint density at radius 2 is 2.17 bits per heavy atom. The van der Waals surface area contributed by atoms with E-state index in [4.69, 9.17) is 4.42 Å². The maximum absolute atomic E-state index is 5.94. The van der Waals surface area contributed by atoms with Crippen LogP contribution in [0.15, 0.2) is 47.3 Å². The van der Waals surface area contributed by atoms with Crippen molar-refractivity contribution in [3.63, 3.8) is 0 Å². The molecule has 0 amide bonds. The lowest BCUT2D eigenvalue weighted by molar-refractivity contribution is 0.498. The summed E-state index contributed by atoms with van der Waals surface area (Å²) in [5.41, 5.74) is 4.37. The Labute approximate surface area is 141 Å². The third-order valence-corrected chi connectivity index (χ3v) is 4.35. The van der Waals surface area contributed by atoms with Gasteiger partial charge in [-0.05, 0) is 30.2 Å². The van der Waals surface area contributed by atoms with Crippen molar-refractivity contribution in [1.82, 2.24) is 15.0 Å². The number of nitrogens with zero attached hydrogens (tertiary/aromatic N) is 4. The van der Waals surface area contributed by atoms with E-state index in [1.165, 1.54) is 11.3 Å². The second-order valence-corrected chi connectivity index (χ2v) is 6.03. The van der Waals surface area contributed by atoms with Crippen LogP contribution in [0.3, 0.4) is 0 Å². The summed E-state index contributed by atoms with van der Waals surface area (Å²) in [6.07, 6.45) is 8.64. The summed E-state index contributed by atoms with van der Waals surface area (Å²) >= 11 is 0. The van der Waals surface area contributed by atoms with E-state index in [2.05, 4.69) is 32.8 Å². The molecule has 0 N–H and O–H groups in total. The zero-order chi connectivity index (χ0) is 16.4. The molecule has 5 nitrogen and oxygen atoms in total. The first-order valence-corrected chi connectivity index (χ1v) is 8.43. The highest BCUT2D eigenvalue weighted by atomic mass is 16.4. The third-order valence-electron chi connectivity index (χ3n) is 4.35. The average Bonchev–Trinajstić information content (AvgIpc) is 3.06. The zero-order valence-corrected chi connectivity index (χ0v) is 13.8. The highest BCUT2D eigenvalue weighted by Gasteiger charge is 2.24. The Morgan fingerprint density at radius 1 is 1.21 bits per heavy atom. The van der Waals surface area contributed by atoms with E-state index in [0.717, 1.165) is 49.5 Å². The van der Waals surface area contributed by atoms with Crippen molar-refractivity contribution in [2.24, 2.45) is 0 Å². The van der Waals surface area contributed by atoms with Crippen LogP contribution in [0.2, 0.25) is 0 Å². The molecule has 0 atom stereocenters. The van der Waals surface area contributed by atoms with Gasteiger partial charge in [-0.25, -0.2) is 4.98 Å². The maximum Gasteiger partial charge on any atom is 0.245 e. The summed E-state index contributed by atoms with van der Waals surface area (Å²) in [6.45, 7) is 3.90. The molecule has 24 heavy (non-hydrogen) atoms. The van der Waals surface area contributed by atoms with Gasteiger partial charge in [-0.1, -0.05) is 19.4 Å². The first-order valence-electron chi connectivity index (χ1n) is 8.43. The van der Waals surface area contributed by atoms with Gasteiger partial charge in [0.1, 0.15) is 17.1 Å². The molecule has 0 radical (unpaired) electrons. The molecule has 5 heteroatoms. The number of pyridine rings is 2. The number of rotatable bonds is 4. The van der Waals surface area contributed by atoms with Crippen LogP contribution in [0.1, 0.15) is 30.4 Å².